The standard InChI is InChI=1S/C17H21F2NO4/c1-23-15(21)14(10-17(18,19)9-12-7-8-12)20-16(22)24-11-13-5-3-2-4-6-13/h2-6,12,14H,7-11H2,1H3,(H,20,22). The van der Waals surface area contributed by atoms with Gasteiger partial charge < -0.3 is 14.8 Å². The molecule has 1 aliphatic rings. The van der Waals surface area contributed by atoms with Crippen LogP contribution in [0.1, 0.15) is 31.2 Å². The van der Waals surface area contributed by atoms with E-state index < -0.39 is 30.4 Å². The highest BCUT2D eigenvalue weighted by atomic mass is 19.3. The monoisotopic (exact) mass is 341 g/mol. The molecule has 1 saturated carbocycles. The Balaban J connectivity index is 1.87. The zero-order valence-electron chi connectivity index (χ0n) is 13.5. The molecule has 1 unspecified atom stereocenters. The molecule has 0 saturated heterocycles. The summed E-state index contributed by atoms with van der Waals surface area (Å²) in [5.74, 6) is -3.95. The molecule has 1 aromatic carbocycles. The maximum atomic E-state index is 14.0. The van der Waals surface area contributed by atoms with Gasteiger partial charge in [-0.1, -0.05) is 30.3 Å². The first-order valence-electron chi connectivity index (χ1n) is 7.82. The van der Waals surface area contributed by atoms with Crippen LogP contribution < -0.4 is 5.32 Å². The summed E-state index contributed by atoms with van der Waals surface area (Å²) >= 11 is 0. The lowest BCUT2D eigenvalue weighted by Gasteiger charge is -2.22. The van der Waals surface area contributed by atoms with Gasteiger partial charge in [-0.15, -0.1) is 0 Å². The number of carbonyl (C=O) groups is 2. The lowest BCUT2D eigenvalue weighted by Crippen LogP contribution is -2.45. The topological polar surface area (TPSA) is 64.6 Å². The zero-order chi connectivity index (χ0) is 17.6. The molecule has 0 aromatic heterocycles. The Hall–Kier alpha value is -2.18. The summed E-state index contributed by atoms with van der Waals surface area (Å²) in [6, 6.07) is 7.47. The van der Waals surface area contributed by atoms with Crippen molar-refractivity contribution >= 4 is 12.1 Å². The fourth-order valence-corrected chi connectivity index (χ4v) is 2.37. The van der Waals surface area contributed by atoms with Crippen molar-refractivity contribution in [3.05, 3.63) is 35.9 Å². The van der Waals surface area contributed by atoms with Crippen molar-refractivity contribution in [2.45, 2.75) is 44.3 Å². The molecule has 1 atom stereocenters. The fourth-order valence-electron chi connectivity index (χ4n) is 2.37. The van der Waals surface area contributed by atoms with Gasteiger partial charge in [-0.2, -0.15) is 0 Å². The minimum absolute atomic E-state index is 0.00308. The van der Waals surface area contributed by atoms with Crippen molar-refractivity contribution < 1.29 is 27.8 Å². The largest absolute Gasteiger partial charge is 0.467 e. The molecule has 1 N–H and O–H groups in total. The summed E-state index contributed by atoms with van der Waals surface area (Å²) in [4.78, 5) is 23.5. The van der Waals surface area contributed by atoms with Crippen LogP contribution in [-0.2, 0) is 20.9 Å². The number of rotatable bonds is 8. The Kier molecular flexibility index (Phi) is 6.11. The van der Waals surface area contributed by atoms with E-state index in [1.165, 1.54) is 0 Å². The lowest BCUT2D eigenvalue weighted by atomic mass is 10.0. The Morgan fingerprint density at radius 2 is 1.96 bits per heavy atom. The van der Waals surface area contributed by atoms with Crippen molar-refractivity contribution in [1.29, 1.82) is 0 Å². The fraction of sp³-hybridized carbons (Fsp3) is 0.529. The third-order valence-electron chi connectivity index (χ3n) is 3.78. The first-order chi connectivity index (χ1) is 11.4. The number of alkyl halides is 2. The summed E-state index contributed by atoms with van der Waals surface area (Å²) in [7, 11) is 1.09. The molecule has 2 rings (SSSR count). The number of nitrogens with one attached hydrogen (secondary N) is 1. The molecule has 1 aromatic rings. The molecule has 0 radical (unpaired) electrons. The SMILES string of the molecule is COC(=O)C(CC(F)(F)CC1CC1)NC(=O)OCc1ccccc1. The van der Waals surface area contributed by atoms with Gasteiger partial charge in [-0.25, -0.2) is 18.4 Å². The highest BCUT2D eigenvalue weighted by Crippen LogP contribution is 2.40. The molecule has 0 heterocycles. The first kappa shape index (κ1) is 18.2. The Morgan fingerprint density at radius 1 is 1.29 bits per heavy atom. The van der Waals surface area contributed by atoms with Crippen LogP contribution in [0.5, 0.6) is 0 Å². The van der Waals surface area contributed by atoms with Crippen LogP contribution in [0.3, 0.4) is 0 Å². The number of hydrogen-bond acceptors (Lipinski definition) is 4. The molecule has 1 fully saturated rings. The second kappa shape index (κ2) is 8.08. The molecule has 5 nitrogen and oxygen atoms in total. The number of amides is 1. The third kappa shape index (κ3) is 6.14. The molecular weight excluding hydrogens is 320 g/mol. The quantitative estimate of drug-likeness (QED) is 0.737. The Morgan fingerprint density at radius 3 is 2.54 bits per heavy atom. The molecule has 1 amide bonds. The molecule has 24 heavy (non-hydrogen) atoms. The predicted octanol–water partition coefficient (Wildman–Crippen LogP) is 3.28. The second-order valence-corrected chi connectivity index (χ2v) is 5.99. The molecule has 1 aliphatic carbocycles. The van der Waals surface area contributed by atoms with E-state index in [9.17, 15) is 18.4 Å². The van der Waals surface area contributed by atoms with Crippen LogP contribution in [0.15, 0.2) is 30.3 Å². The summed E-state index contributed by atoms with van der Waals surface area (Å²) in [6.45, 7) is -0.0148. The highest BCUT2D eigenvalue weighted by molar-refractivity contribution is 5.81. The lowest BCUT2D eigenvalue weighted by molar-refractivity contribution is -0.146. The van der Waals surface area contributed by atoms with Crippen molar-refractivity contribution in [3.63, 3.8) is 0 Å². The van der Waals surface area contributed by atoms with Crippen LogP contribution in [-0.4, -0.2) is 31.1 Å². The zero-order valence-corrected chi connectivity index (χ0v) is 13.5. The third-order valence-corrected chi connectivity index (χ3v) is 3.78. The number of esters is 1. The molecule has 0 spiro atoms. The maximum absolute atomic E-state index is 14.0. The van der Waals surface area contributed by atoms with E-state index in [1.807, 2.05) is 6.07 Å². The predicted molar refractivity (Wildman–Crippen MR) is 82.5 cm³/mol. The number of carbonyl (C=O) groups excluding carboxylic acids is 2. The van der Waals surface area contributed by atoms with Gasteiger partial charge >= 0.3 is 12.1 Å². The average Bonchev–Trinajstić information content (AvgIpc) is 3.35. The number of alkyl carbamates (subject to hydrolysis) is 1. The van der Waals surface area contributed by atoms with Gasteiger partial charge in [-0.3, -0.25) is 0 Å². The van der Waals surface area contributed by atoms with Gasteiger partial charge in [0.15, 0.2) is 0 Å². The van der Waals surface area contributed by atoms with Crippen molar-refractivity contribution in [3.8, 4) is 0 Å². The van der Waals surface area contributed by atoms with E-state index in [0.29, 0.717) is 0 Å². The van der Waals surface area contributed by atoms with Crippen molar-refractivity contribution in [2.24, 2.45) is 5.92 Å². The average molecular weight is 341 g/mol. The van der Waals surface area contributed by atoms with Gasteiger partial charge in [0.2, 0.25) is 0 Å². The van der Waals surface area contributed by atoms with Gasteiger partial charge in [-0.05, 0) is 24.3 Å². The minimum atomic E-state index is -3.03. The first-order valence-corrected chi connectivity index (χ1v) is 7.82. The number of methoxy groups -OCH3 is 1. The van der Waals surface area contributed by atoms with E-state index in [0.717, 1.165) is 25.5 Å². The molecule has 0 aliphatic heterocycles. The normalized spacial score (nSPS) is 15.5. The molecule has 7 heteroatoms. The molecular formula is C17H21F2NO4. The second-order valence-electron chi connectivity index (χ2n) is 5.99. The summed E-state index contributed by atoms with van der Waals surface area (Å²) in [5.41, 5.74) is 0.751. The summed E-state index contributed by atoms with van der Waals surface area (Å²) in [6.07, 6.45) is -0.440. The van der Waals surface area contributed by atoms with Gasteiger partial charge in [0.05, 0.1) is 7.11 Å². The van der Waals surface area contributed by atoms with Crippen LogP contribution in [0.2, 0.25) is 0 Å². The van der Waals surface area contributed by atoms with Crippen LogP contribution >= 0.6 is 0 Å². The highest BCUT2D eigenvalue weighted by Gasteiger charge is 2.41. The molecule has 132 valence electrons. The van der Waals surface area contributed by atoms with E-state index in [4.69, 9.17) is 4.74 Å². The number of ether oxygens (including phenoxy) is 2. The van der Waals surface area contributed by atoms with Crippen LogP contribution in [0, 0.1) is 5.92 Å². The van der Waals surface area contributed by atoms with E-state index in [-0.39, 0.29) is 18.9 Å². The summed E-state index contributed by atoms with van der Waals surface area (Å²) < 4.78 is 37.4. The van der Waals surface area contributed by atoms with E-state index in [1.54, 1.807) is 24.3 Å². The van der Waals surface area contributed by atoms with Crippen LogP contribution in [0.4, 0.5) is 13.6 Å². The van der Waals surface area contributed by atoms with Crippen molar-refractivity contribution in [1.82, 2.24) is 5.32 Å². The Bertz CT molecular complexity index is 561. The molecule has 0 bridgehead atoms. The smallest absolute Gasteiger partial charge is 0.408 e. The van der Waals surface area contributed by atoms with Gasteiger partial charge in [0, 0.05) is 12.8 Å². The van der Waals surface area contributed by atoms with E-state index in [2.05, 4.69) is 10.1 Å². The number of halogens is 2. The van der Waals surface area contributed by atoms with Crippen LogP contribution in [0.25, 0.3) is 0 Å². The van der Waals surface area contributed by atoms with Gasteiger partial charge in [0.25, 0.3) is 5.92 Å². The minimum Gasteiger partial charge on any atom is -0.467 e. The Labute approximate surface area is 139 Å². The summed E-state index contributed by atoms with van der Waals surface area (Å²) in [5, 5.41) is 2.17. The maximum Gasteiger partial charge on any atom is 0.408 e. The number of benzene rings is 1. The number of hydrogen-bond donors (Lipinski definition) is 1. The van der Waals surface area contributed by atoms with Crippen molar-refractivity contribution in [2.75, 3.05) is 7.11 Å². The van der Waals surface area contributed by atoms with E-state index >= 15 is 0 Å². The van der Waals surface area contributed by atoms with Gasteiger partial charge in [0.1, 0.15) is 12.6 Å².